The van der Waals surface area contributed by atoms with Crippen LogP contribution in [0.25, 0.3) is 10.9 Å². The Morgan fingerprint density at radius 2 is 2.06 bits per heavy atom. The van der Waals surface area contributed by atoms with Crippen LogP contribution in [0.1, 0.15) is 55.9 Å². The number of hydrogen-bond donors (Lipinski definition) is 3. The van der Waals surface area contributed by atoms with Crippen LogP contribution >= 0.6 is 0 Å². The number of aromatic nitrogens is 1. The molecule has 1 saturated carbocycles. The van der Waals surface area contributed by atoms with Crippen molar-refractivity contribution in [2.75, 3.05) is 20.2 Å². The van der Waals surface area contributed by atoms with Gasteiger partial charge in [-0.05, 0) is 55.7 Å². The molecule has 3 heterocycles. The lowest BCUT2D eigenvalue weighted by molar-refractivity contribution is -0.132. The first-order chi connectivity index (χ1) is 17.4. The third-order valence-electron chi connectivity index (χ3n) is 8.23. The molecule has 1 aliphatic carbocycles. The van der Waals surface area contributed by atoms with E-state index in [0.29, 0.717) is 37.4 Å². The van der Waals surface area contributed by atoms with Crippen LogP contribution in [0.15, 0.2) is 24.3 Å². The Kier molecular flexibility index (Phi) is 6.73. The van der Waals surface area contributed by atoms with Gasteiger partial charge in [0, 0.05) is 36.3 Å². The van der Waals surface area contributed by atoms with Crippen LogP contribution in [-0.4, -0.2) is 65.7 Å². The van der Waals surface area contributed by atoms with Gasteiger partial charge in [-0.1, -0.05) is 19.4 Å². The van der Waals surface area contributed by atoms with E-state index >= 15 is 0 Å². The maximum Gasteiger partial charge on any atom is 0.271 e. The summed E-state index contributed by atoms with van der Waals surface area (Å²) in [7, 11) is 1.59. The first-order valence-corrected chi connectivity index (χ1v) is 13.0. The molecule has 5 rings (SSSR count). The topological polar surface area (TPSA) is 121 Å². The lowest BCUT2D eigenvalue weighted by Crippen LogP contribution is -2.53. The highest BCUT2D eigenvalue weighted by molar-refractivity contribution is 6.02. The number of nitrogens with one attached hydrogen (secondary N) is 3. The number of carbonyl (C=O) groups is 4. The number of amides is 3. The van der Waals surface area contributed by atoms with Crippen molar-refractivity contribution < 1.29 is 23.9 Å². The number of Topliss-reactive ketones (excluding diaryl/α,β-unsaturated/α-hetero) is 1. The summed E-state index contributed by atoms with van der Waals surface area (Å²) in [4.78, 5) is 57.2. The van der Waals surface area contributed by atoms with Crippen molar-refractivity contribution in [1.82, 2.24) is 20.5 Å². The predicted octanol–water partition coefficient (Wildman–Crippen LogP) is 2.41. The Morgan fingerprint density at radius 1 is 1.22 bits per heavy atom. The smallest absolute Gasteiger partial charge is 0.271 e. The van der Waals surface area contributed by atoms with Crippen molar-refractivity contribution in [3.05, 3.63) is 30.0 Å². The molecule has 5 unspecified atom stereocenters. The lowest BCUT2D eigenvalue weighted by atomic mass is 9.91. The van der Waals surface area contributed by atoms with Crippen LogP contribution in [0.5, 0.6) is 5.75 Å². The molecule has 2 aromatic rings. The monoisotopic (exact) mass is 494 g/mol. The van der Waals surface area contributed by atoms with Crippen molar-refractivity contribution in [1.29, 1.82) is 0 Å². The molecule has 2 aliphatic heterocycles. The number of hydrogen-bond acceptors (Lipinski definition) is 5. The Morgan fingerprint density at radius 3 is 2.78 bits per heavy atom. The molecule has 192 valence electrons. The Bertz CT molecular complexity index is 1190. The average Bonchev–Trinajstić information content (AvgIpc) is 3.66. The maximum absolute atomic E-state index is 13.7. The van der Waals surface area contributed by atoms with E-state index in [1.807, 2.05) is 18.2 Å². The number of nitrogens with zero attached hydrogens (tertiary/aromatic N) is 1. The number of rotatable bonds is 8. The molecule has 1 aromatic heterocycles. The molecule has 36 heavy (non-hydrogen) atoms. The minimum atomic E-state index is -0.730. The third-order valence-corrected chi connectivity index (χ3v) is 8.23. The molecule has 3 N–H and O–H groups in total. The number of likely N-dealkylation sites (tertiary alicyclic amines) is 1. The molecule has 0 spiro atoms. The van der Waals surface area contributed by atoms with E-state index in [1.54, 1.807) is 25.0 Å². The Balaban J connectivity index is 1.39. The fraction of sp³-hybridized carbons (Fsp3) is 0.556. The zero-order chi connectivity index (χ0) is 25.4. The molecule has 3 fully saturated rings. The molecule has 5 atom stereocenters. The molecule has 3 aliphatic rings. The second-order valence-electron chi connectivity index (χ2n) is 10.3. The number of aromatic amines is 1. The van der Waals surface area contributed by atoms with Crippen molar-refractivity contribution in [3.8, 4) is 5.75 Å². The standard InChI is InChI=1S/C27H34N4O5/c1-3-22(32)20(12-15-10-11-28-25(15)33)30-26(34)24-17-7-4-6-16(17)14-31(24)27(35)21-13-18-19(29-21)8-5-9-23(18)36-2/h5,8-9,13,15-17,20,24,29H,3-4,6-7,10-12,14H2,1-2H3,(H,28,33)(H,30,34). The first kappa shape index (κ1) is 24.3. The fourth-order valence-electron chi connectivity index (χ4n) is 6.35. The SMILES string of the molecule is CCC(=O)C(CC1CCNC1=O)NC(=O)C1C2CCCC2CN1C(=O)c1cc2c(OC)cccc2[nH]1. The highest BCUT2D eigenvalue weighted by atomic mass is 16.5. The van der Waals surface area contributed by atoms with Crippen LogP contribution in [0.2, 0.25) is 0 Å². The lowest BCUT2D eigenvalue weighted by Gasteiger charge is -2.29. The molecular weight excluding hydrogens is 460 g/mol. The van der Waals surface area contributed by atoms with Crippen molar-refractivity contribution in [2.45, 2.75) is 57.5 Å². The second-order valence-corrected chi connectivity index (χ2v) is 10.3. The minimum Gasteiger partial charge on any atom is -0.496 e. The number of ether oxygens (including phenoxy) is 1. The van der Waals surface area contributed by atoms with E-state index in [2.05, 4.69) is 15.6 Å². The molecule has 3 amide bonds. The number of H-pyrrole nitrogens is 1. The van der Waals surface area contributed by atoms with Crippen molar-refractivity contribution in [3.63, 3.8) is 0 Å². The highest BCUT2D eigenvalue weighted by Crippen LogP contribution is 2.43. The van der Waals surface area contributed by atoms with Crippen molar-refractivity contribution >= 4 is 34.4 Å². The summed E-state index contributed by atoms with van der Waals surface area (Å²) in [6.45, 7) is 2.87. The molecule has 9 heteroatoms. The fourth-order valence-corrected chi connectivity index (χ4v) is 6.35. The molecule has 0 bridgehead atoms. The number of methoxy groups -OCH3 is 1. The summed E-state index contributed by atoms with van der Waals surface area (Å²) in [5, 5.41) is 6.57. The van der Waals surface area contributed by atoms with Gasteiger partial charge in [-0.25, -0.2) is 0 Å². The normalized spacial score (nSPS) is 26.1. The number of fused-ring (bicyclic) bond motifs is 2. The first-order valence-electron chi connectivity index (χ1n) is 13.0. The van der Waals surface area contributed by atoms with E-state index in [-0.39, 0.29) is 47.7 Å². The highest BCUT2D eigenvalue weighted by Gasteiger charge is 2.50. The van der Waals surface area contributed by atoms with Gasteiger partial charge in [-0.15, -0.1) is 0 Å². The molecule has 2 saturated heterocycles. The number of carbonyl (C=O) groups excluding carboxylic acids is 4. The summed E-state index contributed by atoms with van der Waals surface area (Å²) in [5.41, 5.74) is 1.21. The second kappa shape index (κ2) is 9.95. The van der Waals surface area contributed by atoms with E-state index in [9.17, 15) is 19.2 Å². The largest absolute Gasteiger partial charge is 0.496 e. The Hall–Kier alpha value is -3.36. The van der Waals surface area contributed by atoms with Crippen LogP contribution < -0.4 is 15.4 Å². The zero-order valence-corrected chi connectivity index (χ0v) is 20.8. The number of benzene rings is 1. The van der Waals surface area contributed by atoms with E-state index in [4.69, 9.17) is 4.74 Å². The Labute approximate surface area is 210 Å². The summed E-state index contributed by atoms with van der Waals surface area (Å²) in [5.74, 6) is 0.0445. The van der Waals surface area contributed by atoms with Gasteiger partial charge in [-0.3, -0.25) is 19.2 Å². The molecule has 0 radical (unpaired) electrons. The summed E-state index contributed by atoms with van der Waals surface area (Å²) >= 11 is 0. The predicted molar refractivity (Wildman–Crippen MR) is 133 cm³/mol. The maximum atomic E-state index is 13.7. The van der Waals surface area contributed by atoms with Gasteiger partial charge in [0.05, 0.1) is 13.2 Å². The van der Waals surface area contributed by atoms with Crippen LogP contribution in [0.4, 0.5) is 0 Å². The van der Waals surface area contributed by atoms with Crippen molar-refractivity contribution in [2.24, 2.45) is 17.8 Å². The summed E-state index contributed by atoms with van der Waals surface area (Å²) in [6, 6.07) is 6.00. The van der Waals surface area contributed by atoms with Gasteiger partial charge in [-0.2, -0.15) is 0 Å². The summed E-state index contributed by atoms with van der Waals surface area (Å²) in [6.07, 6.45) is 4.12. The van der Waals surface area contributed by atoms with Gasteiger partial charge >= 0.3 is 0 Å². The van der Waals surface area contributed by atoms with Gasteiger partial charge in [0.15, 0.2) is 5.78 Å². The quantitative estimate of drug-likeness (QED) is 0.521. The molecule has 9 nitrogen and oxygen atoms in total. The van der Waals surface area contributed by atoms with E-state index < -0.39 is 12.1 Å². The van der Waals surface area contributed by atoms with Gasteiger partial charge in [0.2, 0.25) is 11.8 Å². The van der Waals surface area contributed by atoms with E-state index in [0.717, 1.165) is 30.2 Å². The van der Waals surface area contributed by atoms with Gasteiger partial charge < -0.3 is 25.3 Å². The number of ketones is 1. The van der Waals surface area contributed by atoms with Gasteiger partial charge in [0.1, 0.15) is 17.5 Å². The van der Waals surface area contributed by atoms with E-state index in [1.165, 1.54) is 0 Å². The molecular formula is C27H34N4O5. The zero-order valence-electron chi connectivity index (χ0n) is 20.8. The average molecular weight is 495 g/mol. The minimum absolute atomic E-state index is 0.0686. The summed E-state index contributed by atoms with van der Waals surface area (Å²) < 4.78 is 5.44. The van der Waals surface area contributed by atoms with Crippen LogP contribution in [0.3, 0.4) is 0 Å². The van der Waals surface area contributed by atoms with Crippen LogP contribution in [0, 0.1) is 17.8 Å². The molecule has 1 aromatic carbocycles. The third kappa shape index (κ3) is 4.35. The van der Waals surface area contributed by atoms with Crippen LogP contribution in [-0.2, 0) is 14.4 Å². The van der Waals surface area contributed by atoms with Gasteiger partial charge in [0.25, 0.3) is 5.91 Å².